The van der Waals surface area contributed by atoms with Crippen molar-refractivity contribution in [3.05, 3.63) is 45.1 Å². The molecule has 2 aromatic rings. The minimum Gasteiger partial charge on any atom is -0.298 e. The summed E-state index contributed by atoms with van der Waals surface area (Å²) in [7, 11) is 0. The highest BCUT2D eigenvalue weighted by Crippen LogP contribution is 2.31. The SMILES string of the molecule is CCn1cc(C=O)c(-c2ccc([N+](=O)[O-])cc2Cl)n1. The van der Waals surface area contributed by atoms with Crippen molar-refractivity contribution in [2.24, 2.45) is 0 Å². The zero-order valence-electron chi connectivity index (χ0n) is 10.0. The minimum absolute atomic E-state index is 0.101. The number of nitro groups is 1. The Hall–Kier alpha value is -2.21. The van der Waals surface area contributed by atoms with Gasteiger partial charge >= 0.3 is 0 Å². The molecule has 7 heteroatoms. The molecule has 0 bridgehead atoms. The van der Waals surface area contributed by atoms with Crippen molar-refractivity contribution in [3.63, 3.8) is 0 Å². The number of carbonyl (C=O) groups excluding carboxylic acids is 1. The maximum Gasteiger partial charge on any atom is 0.270 e. The predicted molar refractivity (Wildman–Crippen MR) is 70.4 cm³/mol. The molecule has 1 aromatic heterocycles. The second-order valence-corrected chi connectivity index (χ2v) is 4.24. The average Bonchev–Trinajstić information content (AvgIpc) is 2.81. The second-order valence-electron chi connectivity index (χ2n) is 3.83. The van der Waals surface area contributed by atoms with Crippen LogP contribution in [0.15, 0.2) is 24.4 Å². The van der Waals surface area contributed by atoms with Crippen LogP contribution >= 0.6 is 11.6 Å². The molecule has 0 N–H and O–H groups in total. The second kappa shape index (κ2) is 5.19. The van der Waals surface area contributed by atoms with Crippen LogP contribution in [-0.4, -0.2) is 21.0 Å². The van der Waals surface area contributed by atoms with E-state index in [9.17, 15) is 14.9 Å². The summed E-state index contributed by atoms with van der Waals surface area (Å²) in [5.74, 6) is 0. The van der Waals surface area contributed by atoms with Gasteiger partial charge in [-0.1, -0.05) is 11.6 Å². The Morgan fingerprint density at radius 3 is 2.79 bits per heavy atom. The summed E-state index contributed by atoms with van der Waals surface area (Å²) in [6.45, 7) is 2.51. The lowest BCUT2D eigenvalue weighted by Gasteiger charge is -2.01. The van der Waals surface area contributed by atoms with Gasteiger partial charge in [-0.3, -0.25) is 19.6 Å². The minimum atomic E-state index is -0.527. The van der Waals surface area contributed by atoms with Gasteiger partial charge in [0.15, 0.2) is 6.29 Å². The number of nitrogens with zero attached hydrogens (tertiary/aromatic N) is 3. The summed E-state index contributed by atoms with van der Waals surface area (Å²) < 4.78 is 1.61. The Labute approximate surface area is 113 Å². The maximum absolute atomic E-state index is 11.0. The molecule has 0 spiro atoms. The number of hydrogen-bond donors (Lipinski definition) is 0. The topological polar surface area (TPSA) is 78.0 Å². The standard InChI is InChI=1S/C12H10ClN3O3/c1-2-15-6-8(7-17)12(14-15)10-4-3-9(16(18)19)5-11(10)13/h3-7H,2H2,1H3. The van der Waals surface area contributed by atoms with Crippen LogP contribution in [0.4, 0.5) is 5.69 Å². The van der Waals surface area contributed by atoms with Crippen molar-refractivity contribution in [1.29, 1.82) is 0 Å². The van der Waals surface area contributed by atoms with Gasteiger partial charge in [-0.25, -0.2) is 0 Å². The number of benzene rings is 1. The average molecular weight is 280 g/mol. The fourth-order valence-electron chi connectivity index (χ4n) is 1.70. The molecule has 0 saturated heterocycles. The molecular formula is C12H10ClN3O3. The summed E-state index contributed by atoms with van der Waals surface area (Å²) in [4.78, 5) is 21.1. The van der Waals surface area contributed by atoms with E-state index < -0.39 is 4.92 Å². The number of aldehydes is 1. The largest absolute Gasteiger partial charge is 0.298 e. The van der Waals surface area contributed by atoms with Gasteiger partial charge in [0.25, 0.3) is 5.69 Å². The molecule has 6 nitrogen and oxygen atoms in total. The van der Waals surface area contributed by atoms with Crippen LogP contribution in [0.1, 0.15) is 17.3 Å². The van der Waals surface area contributed by atoms with Crippen molar-refractivity contribution in [2.45, 2.75) is 13.5 Å². The molecule has 98 valence electrons. The van der Waals surface area contributed by atoms with Crippen molar-refractivity contribution in [1.82, 2.24) is 9.78 Å². The Bertz CT molecular complexity index is 652. The Kier molecular flexibility index (Phi) is 3.62. The first-order chi connectivity index (χ1) is 9.06. The predicted octanol–water partition coefficient (Wildman–Crippen LogP) is 2.94. The summed E-state index contributed by atoms with van der Waals surface area (Å²) >= 11 is 6.02. The number of aryl methyl sites for hydroxylation is 1. The molecular weight excluding hydrogens is 270 g/mol. The fraction of sp³-hybridized carbons (Fsp3) is 0.167. The molecule has 0 aliphatic rings. The molecule has 0 atom stereocenters. The van der Waals surface area contributed by atoms with E-state index in [-0.39, 0.29) is 10.7 Å². The summed E-state index contributed by atoms with van der Waals surface area (Å²) in [5, 5.41) is 15.1. The van der Waals surface area contributed by atoms with E-state index >= 15 is 0 Å². The van der Waals surface area contributed by atoms with E-state index in [1.807, 2.05) is 6.92 Å². The van der Waals surface area contributed by atoms with Crippen LogP contribution in [0.5, 0.6) is 0 Å². The number of nitro benzene ring substituents is 1. The van der Waals surface area contributed by atoms with Crippen LogP contribution in [-0.2, 0) is 6.54 Å². The quantitative estimate of drug-likeness (QED) is 0.490. The Morgan fingerprint density at radius 2 is 2.26 bits per heavy atom. The van der Waals surface area contributed by atoms with Crippen LogP contribution in [0.25, 0.3) is 11.3 Å². The van der Waals surface area contributed by atoms with E-state index in [1.165, 1.54) is 18.2 Å². The Balaban J connectivity index is 2.55. The first-order valence-electron chi connectivity index (χ1n) is 5.53. The number of halogens is 1. The molecule has 0 radical (unpaired) electrons. The van der Waals surface area contributed by atoms with E-state index in [1.54, 1.807) is 10.9 Å². The van der Waals surface area contributed by atoms with Gasteiger partial charge < -0.3 is 0 Å². The third-order valence-electron chi connectivity index (χ3n) is 2.66. The van der Waals surface area contributed by atoms with Crippen molar-refractivity contribution in [3.8, 4) is 11.3 Å². The molecule has 0 fully saturated rings. The lowest BCUT2D eigenvalue weighted by Crippen LogP contribution is -1.94. The van der Waals surface area contributed by atoms with Crippen LogP contribution in [0.2, 0.25) is 5.02 Å². The van der Waals surface area contributed by atoms with Crippen molar-refractivity contribution in [2.75, 3.05) is 0 Å². The third-order valence-corrected chi connectivity index (χ3v) is 2.97. The third kappa shape index (κ3) is 2.48. The summed E-state index contributed by atoms with van der Waals surface area (Å²) in [6.07, 6.45) is 2.30. The van der Waals surface area contributed by atoms with E-state index in [0.717, 1.165) is 0 Å². The lowest BCUT2D eigenvalue weighted by atomic mass is 10.1. The zero-order chi connectivity index (χ0) is 14.0. The first kappa shape index (κ1) is 13.2. The van der Waals surface area contributed by atoms with E-state index in [2.05, 4.69) is 5.10 Å². The molecule has 1 aromatic carbocycles. The van der Waals surface area contributed by atoms with Gasteiger partial charge in [0.2, 0.25) is 0 Å². The number of hydrogen-bond acceptors (Lipinski definition) is 4. The smallest absolute Gasteiger partial charge is 0.270 e. The maximum atomic E-state index is 11.0. The number of carbonyl (C=O) groups is 1. The highest BCUT2D eigenvalue weighted by Gasteiger charge is 2.16. The van der Waals surface area contributed by atoms with Crippen LogP contribution in [0, 0.1) is 10.1 Å². The van der Waals surface area contributed by atoms with Gasteiger partial charge in [0.05, 0.1) is 15.5 Å². The van der Waals surface area contributed by atoms with Crippen molar-refractivity contribution < 1.29 is 9.72 Å². The van der Waals surface area contributed by atoms with E-state index in [4.69, 9.17) is 11.6 Å². The molecule has 1 heterocycles. The normalized spacial score (nSPS) is 10.4. The lowest BCUT2D eigenvalue weighted by molar-refractivity contribution is -0.384. The molecule has 0 aliphatic carbocycles. The van der Waals surface area contributed by atoms with Crippen LogP contribution in [0.3, 0.4) is 0 Å². The van der Waals surface area contributed by atoms with Gasteiger partial charge in [-0.2, -0.15) is 5.10 Å². The van der Waals surface area contributed by atoms with E-state index in [0.29, 0.717) is 29.7 Å². The first-order valence-corrected chi connectivity index (χ1v) is 5.91. The summed E-state index contributed by atoms with van der Waals surface area (Å²) in [5.41, 5.74) is 1.23. The summed E-state index contributed by atoms with van der Waals surface area (Å²) in [6, 6.07) is 4.08. The van der Waals surface area contributed by atoms with Gasteiger partial charge in [0, 0.05) is 30.4 Å². The highest BCUT2D eigenvalue weighted by atomic mass is 35.5. The number of non-ortho nitro benzene ring substituents is 1. The molecule has 0 unspecified atom stereocenters. The highest BCUT2D eigenvalue weighted by molar-refractivity contribution is 6.33. The van der Waals surface area contributed by atoms with Gasteiger partial charge in [-0.05, 0) is 13.0 Å². The fourth-order valence-corrected chi connectivity index (χ4v) is 1.97. The molecule has 0 aliphatic heterocycles. The van der Waals surface area contributed by atoms with Crippen molar-refractivity contribution >= 4 is 23.6 Å². The zero-order valence-corrected chi connectivity index (χ0v) is 10.8. The molecule has 2 rings (SSSR count). The number of rotatable bonds is 4. The van der Waals surface area contributed by atoms with Gasteiger partial charge in [-0.15, -0.1) is 0 Å². The Morgan fingerprint density at radius 1 is 1.53 bits per heavy atom. The van der Waals surface area contributed by atoms with Crippen LogP contribution < -0.4 is 0 Å². The molecule has 0 saturated carbocycles. The van der Waals surface area contributed by atoms with Gasteiger partial charge in [0.1, 0.15) is 5.69 Å². The monoisotopic (exact) mass is 279 g/mol. The molecule has 0 amide bonds. The number of aromatic nitrogens is 2. The molecule has 19 heavy (non-hydrogen) atoms.